The Morgan fingerprint density at radius 3 is 1.94 bits per heavy atom. The van der Waals surface area contributed by atoms with Gasteiger partial charge in [-0.3, -0.25) is 9.59 Å². The number of aliphatic hydroxyl groups excluding tert-OH is 1. The van der Waals surface area contributed by atoms with Crippen LogP contribution in [0, 0.1) is 0 Å². The highest BCUT2D eigenvalue weighted by molar-refractivity contribution is 7.99. The molecule has 0 saturated carbocycles. The van der Waals surface area contributed by atoms with E-state index in [1.165, 1.54) is 89.5 Å². The van der Waals surface area contributed by atoms with Crippen LogP contribution in [-0.2, 0) is 19.1 Å². The van der Waals surface area contributed by atoms with Crippen LogP contribution in [0.4, 0.5) is 0 Å². The van der Waals surface area contributed by atoms with E-state index in [0.29, 0.717) is 24.5 Å². The maximum absolute atomic E-state index is 12.0. The normalized spacial score (nSPS) is 12.7. The van der Waals surface area contributed by atoms with Gasteiger partial charge in [0.25, 0.3) is 0 Å². The molecule has 0 heterocycles. The quantitative estimate of drug-likeness (QED) is 0.124. The predicted octanol–water partition coefficient (Wildman–Crippen LogP) is 3.29. The summed E-state index contributed by atoms with van der Waals surface area (Å²) < 4.78 is 4.50. The van der Waals surface area contributed by atoms with Crippen LogP contribution in [-0.4, -0.2) is 66.7 Å². The summed E-state index contributed by atoms with van der Waals surface area (Å²) in [5.41, 5.74) is 5.81. The molecule has 0 spiro atoms. The molecular formula is C25H49N3O5S. The minimum Gasteiger partial charge on any atom is -0.467 e. The minimum absolute atomic E-state index is 0.0644. The Morgan fingerprint density at radius 2 is 1.44 bits per heavy atom. The summed E-state index contributed by atoms with van der Waals surface area (Å²) in [6, 6.07) is -1.93. The molecular weight excluding hydrogens is 454 g/mol. The van der Waals surface area contributed by atoms with Crippen molar-refractivity contribution in [3.63, 3.8) is 0 Å². The average molecular weight is 504 g/mol. The van der Waals surface area contributed by atoms with Crippen molar-refractivity contribution in [2.75, 3.05) is 31.8 Å². The van der Waals surface area contributed by atoms with Crippen molar-refractivity contribution < 1.29 is 24.2 Å². The molecule has 2 atom stereocenters. The lowest BCUT2D eigenvalue weighted by Crippen LogP contribution is -2.51. The summed E-state index contributed by atoms with van der Waals surface area (Å²) in [5.74, 6) is -0.189. The number of carbonyl (C=O) groups excluding carboxylic acids is 3. The predicted molar refractivity (Wildman–Crippen MR) is 140 cm³/mol. The fourth-order valence-electron chi connectivity index (χ4n) is 3.54. The highest BCUT2D eigenvalue weighted by Crippen LogP contribution is 2.13. The monoisotopic (exact) mass is 503 g/mol. The molecule has 0 aromatic rings. The average Bonchev–Trinajstić information content (AvgIpc) is 2.84. The molecule has 0 fully saturated rings. The summed E-state index contributed by atoms with van der Waals surface area (Å²) in [5, 5.41) is 14.4. The minimum atomic E-state index is -1.11. The molecule has 9 heteroatoms. The molecule has 8 nitrogen and oxygen atoms in total. The van der Waals surface area contributed by atoms with Crippen molar-refractivity contribution in [3.05, 3.63) is 0 Å². The summed E-state index contributed by atoms with van der Waals surface area (Å²) in [6.07, 6.45) is 17.3. The van der Waals surface area contributed by atoms with Gasteiger partial charge in [-0.2, -0.15) is 11.8 Å². The fraction of sp³-hybridized carbons (Fsp3) is 0.880. The molecule has 34 heavy (non-hydrogen) atoms. The molecule has 0 aliphatic carbocycles. The van der Waals surface area contributed by atoms with Crippen LogP contribution in [0.5, 0.6) is 0 Å². The molecule has 5 N–H and O–H groups in total. The van der Waals surface area contributed by atoms with Gasteiger partial charge in [-0.15, -0.1) is 0 Å². The third-order valence-electron chi connectivity index (χ3n) is 5.69. The number of unbranched alkanes of at least 4 members (excludes halogenated alkanes) is 12. The fourth-order valence-corrected chi connectivity index (χ4v) is 4.36. The zero-order valence-corrected chi connectivity index (χ0v) is 22.3. The molecule has 0 unspecified atom stereocenters. The van der Waals surface area contributed by atoms with Gasteiger partial charge in [0.2, 0.25) is 11.8 Å². The maximum atomic E-state index is 12.0. The van der Waals surface area contributed by atoms with Crippen LogP contribution in [0.1, 0.15) is 96.8 Å². The van der Waals surface area contributed by atoms with Crippen LogP contribution >= 0.6 is 11.8 Å². The maximum Gasteiger partial charge on any atom is 0.330 e. The van der Waals surface area contributed by atoms with E-state index in [9.17, 15) is 14.4 Å². The number of amides is 2. The number of ether oxygens (including phenoxy) is 1. The van der Waals surface area contributed by atoms with E-state index in [2.05, 4.69) is 22.3 Å². The number of hydrogen-bond donors (Lipinski definition) is 4. The standard InChI is InChI=1S/C25H49N3O5S/c1-3-4-5-6-7-8-9-10-11-12-13-14-15-16-23(30)27-17-18-34-20-21(26)24(31)28-22(19-29)25(32)33-2/h21-22,29H,3-20,26H2,1-2H3,(H,27,30)(H,28,31)/t21-,22-/m0/s1. The number of aliphatic hydroxyl groups is 1. The molecule has 0 aromatic carbocycles. The first-order valence-electron chi connectivity index (χ1n) is 13.0. The third kappa shape index (κ3) is 19.0. The van der Waals surface area contributed by atoms with Crippen molar-refractivity contribution in [1.82, 2.24) is 10.6 Å². The van der Waals surface area contributed by atoms with Gasteiger partial charge in [-0.1, -0.05) is 84.0 Å². The first kappa shape index (κ1) is 32.7. The number of nitrogens with two attached hydrogens (primary N) is 1. The number of rotatable bonds is 23. The smallest absolute Gasteiger partial charge is 0.330 e. The number of carbonyl (C=O) groups is 3. The van der Waals surface area contributed by atoms with E-state index >= 15 is 0 Å². The second-order valence-corrected chi connectivity index (χ2v) is 9.94. The van der Waals surface area contributed by atoms with E-state index in [1.54, 1.807) is 0 Å². The highest BCUT2D eigenvalue weighted by atomic mass is 32.2. The Hall–Kier alpha value is -1.32. The van der Waals surface area contributed by atoms with Crippen LogP contribution < -0.4 is 16.4 Å². The Balaban J connectivity index is 3.54. The van der Waals surface area contributed by atoms with Crippen LogP contribution in [0.15, 0.2) is 0 Å². The van der Waals surface area contributed by atoms with Crippen molar-refractivity contribution in [2.24, 2.45) is 5.73 Å². The van der Waals surface area contributed by atoms with Gasteiger partial charge in [0.1, 0.15) is 0 Å². The summed E-state index contributed by atoms with van der Waals surface area (Å²) in [6.45, 7) is 2.23. The number of thioether (sulfide) groups is 1. The zero-order chi connectivity index (χ0) is 25.4. The molecule has 0 aliphatic heterocycles. The lowest BCUT2D eigenvalue weighted by molar-refractivity contribution is -0.146. The lowest BCUT2D eigenvalue weighted by atomic mass is 10.0. The molecule has 0 bridgehead atoms. The van der Waals surface area contributed by atoms with Crippen LogP contribution in [0.2, 0.25) is 0 Å². The molecule has 0 saturated heterocycles. The SMILES string of the molecule is CCCCCCCCCCCCCCCC(=O)NCCSC[C@H](N)C(=O)N[C@@H](CO)C(=O)OC. The van der Waals surface area contributed by atoms with Crippen molar-refractivity contribution in [1.29, 1.82) is 0 Å². The Kier molecular flexibility index (Phi) is 22.5. The number of methoxy groups -OCH3 is 1. The second-order valence-electron chi connectivity index (χ2n) is 8.79. The Labute approximate surface area is 210 Å². The molecule has 0 aromatic heterocycles. The van der Waals surface area contributed by atoms with Gasteiger partial charge in [0.15, 0.2) is 6.04 Å². The zero-order valence-electron chi connectivity index (χ0n) is 21.4. The molecule has 200 valence electrons. The number of nitrogens with one attached hydrogen (secondary N) is 2. The van der Waals surface area contributed by atoms with E-state index in [0.717, 1.165) is 12.8 Å². The summed E-state index contributed by atoms with van der Waals surface area (Å²) in [7, 11) is 1.18. The Bertz CT molecular complexity index is 537. The summed E-state index contributed by atoms with van der Waals surface area (Å²) >= 11 is 1.45. The highest BCUT2D eigenvalue weighted by Gasteiger charge is 2.23. The molecule has 0 rings (SSSR count). The van der Waals surface area contributed by atoms with Gasteiger partial charge in [-0.05, 0) is 6.42 Å². The molecule has 0 aliphatic rings. The van der Waals surface area contributed by atoms with Crippen molar-refractivity contribution >= 4 is 29.5 Å². The van der Waals surface area contributed by atoms with Gasteiger partial charge >= 0.3 is 5.97 Å². The largest absolute Gasteiger partial charge is 0.467 e. The van der Waals surface area contributed by atoms with Crippen LogP contribution in [0.25, 0.3) is 0 Å². The van der Waals surface area contributed by atoms with Gasteiger partial charge in [0.05, 0.1) is 19.8 Å². The second kappa shape index (κ2) is 23.4. The van der Waals surface area contributed by atoms with E-state index in [4.69, 9.17) is 10.8 Å². The first-order chi connectivity index (χ1) is 16.5. The van der Waals surface area contributed by atoms with Gasteiger partial charge in [0, 0.05) is 24.5 Å². The molecule has 0 radical (unpaired) electrons. The summed E-state index contributed by atoms with van der Waals surface area (Å²) in [4.78, 5) is 35.3. The van der Waals surface area contributed by atoms with Gasteiger partial charge in [-0.25, -0.2) is 4.79 Å². The van der Waals surface area contributed by atoms with E-state index in [-0.39, 0.29) is 5.91 Å². The first-order valence-corrected chi connectivity index (χ1v) is 14.2. The van der Waals surface area contributed by atoms with Crippen LogP contribution in [0.3, 0.4) is 0 Å². The topological polar surface area (TPSA) is 131 Å². The van der Waals surface area contributed by atoms with Crippen molar-refractivity contribution in [3.8, 4) is 0 Å². The Morgan fingerprint density at radius 1 is 0.912 bits per heavy atom. The number of hydrogen-bond acceptors (Lipinski definition) is 7. The van der Waals surface area contributed by atoms with Gasteiger partial charge < -0.3 is 26.2 Å². The number of esters is 1. The third-order valence-corrected chi connectivity index (χ3v) is 6.78. The van der Waals surface area contributed by atoms with E-state index < -0.39 is 30.6 Å². The van der Waals surface area contributed by atoms with Crippen molar-refractivity contribution in [2.45, 2.75) is 109 Å². The van der Waals surface area contributed by atoms with E-state index in [1.807, 2.05) is 0 Å². The molecule has 2 amide bonds. The lowest BCUT2D eigenvalue weighted by Gasteiger charge is -2.17.